The van der Waals surface area contributed by atoms with E-state index in [0.717, 1.165) is 25.9 Å². The minimum absolute atomic E-state index is 0.302. The van der Waals surface area contributed by atoms with E-state index in [2.05, 4.69) is 27.1 Å². The first-order valence-corrected chi connectivity index (χ1v) is 7.52. The zero-order valence-corrected chi connectivity index (χ0v) is 12.6. The van der Waals surface area contributed by atoms with Crippen LogP contribution in [0.5, 0.6) is 0 Å². The molecule has 2 N–H and O–H groups in total. The van der Waals surface area contributed by atoms with Crippen LogP contribution >= 0.6 is 0 Å². The topological polar surface area (TPSA) is 74.3 Å². The quantitative estimate of drug-likeness (QED) is 0.621. The summed E-state index contributed by atoms with van der Waals surface area (Å²) in [5.41, 5.74) is 1.18. The van der Waals surface area contributed by atoms with Gasteiger partial charge < -0.3 is 15.5 Å². The highest BCUT2D eigenvalue weighted by Crippen LogP contribution is 2.22. The molecule has 118 valence electrons. The van der Waals surface area contributed by atoms with Gasteiger partial charge in [-0.25, -0.2) is 0 Å². The number of hydrogen-bond donors (Lipinski definition) is 2. The number of aromatic nitrogens is 1. The van der Waals surface area contributed by atoms with E-state index in [1.807, 2.05) is 12.1 Å². The van der Waals surface area contributed by atoms with Gasteiger partial charge in [-0.3, -0.25) is 14.6 Å². The van der Waals surface area contributed by atoms with Crippen LogP contribution in [-0.4, -0.2) is 43.0 Å². The van der Waals surface area contributed by atoms with Crippen molar-refractivity contribution in [3.05, 3.63) is 37.2 Å². The fourth-order valence-corrected chi connectivity index (χ4v) is 2.51. The van der Waals surface area contributed by atoms with Crippen LogP contribution in [0.2, 0.25) is 0 Å². The first kappa shape index (κ1) is 16.0. The van der Waals surface area contributed by atoms with Gasteiger partial charge in [-0.1, -0.05) is 6.08 Å². The third-order valence-electron chi connectivity index (χ3n) is 3.81. The predicted molar refractivity (Wildman–Crippen MR) is 85.4 cm³/mol. The van der Waals surface area contributed by atoms with Crippen molar-refractivity contribution in [3.8, 4) is 0 Å². The van der Waals surface area contributed by atoms with Crippen LogP contribution in [0.15, 0.2) is 37.2 Å². The van der Waals surface area contributed by atoms with Gasteiger partial charge in [-0.15, -0.1) is 6.58 Å². The minimum Gasteiger partial charge on any atom is -0.371 e. The lowest BCUT2D eigenvalue weighted by Crippen LogP contribution is -2.43. The number of nitrogens with one attached hydrogen (secondary N) is 2. The number of carbonyl (C=O) groups excluding carboxylic acids is 2. The summed E-state index contributed by atoms with van der Waals surface area (Å²) < 4.78 is 0. The van der Waals surface area contributed by atoms with Crippen LogP contribution in [0.25, 0.3) is 0 Å². The number of pyridine rings is 1. The van der Waals surface area contributed by atoms with Crippen molar-refractivity contribution in [3.63, 3.8) is 0 Å². The Morgan fingerprint density at radius 1 is 1.23 bits per heavy atom. The second kappa shape index (κ2) is 8.17. The normalized spacial score (nSPS) is 15.2. The lowest BCUT2D eigenvalue weighted by molar-refractivity contribution is -0.139. The molecule has 1 aromatic rings. The molecule has 22 heavy (non-hydrogen) atoms. The van der Waals surface area contributed by atoms with Crippen LogP contribution in [0.1, 0.15) is 12.8 Å². The Labute approximate surface area is 130 Å². The summed E-state index contributed by atoms with van der Waals surface area (Å²) >= 11 is 0. The van der Waals surface area contributed by atoms with Gasteiger partial charge in [0.1, 0.15) is 0 Å². The number of hydrogen-bond acceptors (Lipinski definition) is 4. The van der Waals surface area contributed by atoms with Gasteiger partial charge >= 0.3 is 11.8 Å². The van der Waals surface area contributed by atoms with Gasteiger partial charge in [-0.05, 0) is 30.9 Å². The third-order valence-corrected chi connectivity index (χ3v) is 3.81. The van der Waals surface area contributed by atoms with Crippen molar-refractivity contribution in [1.82, 2.24) is 15.6 Å². The highest BCUT2D eigenvalue weighted by atomic mass is 16.2. The first-order valence-electron chi connectivity index (χ1n) is 7.52. The van der Waals surface area contributed by atoms with Gasteiger partial charge in [0.25, 0.3) is 0 Å². The molecule has 0 aliphatic carbocycles. The molecule has 0 spiro atoms. The van der Waals surface area contributed by atoms with E-state index >= 15 is 0 Å². The lowest BCUT2D eigenvalue weighted by Gasteiger charge is -2.33. The van der Waals surface area contributed by atoms with E-state index in [0.29, 0.717) is 19.0 Å². The SMILES string of the molecule is C=CCNC(=O)C(=O)NCC1CCN(c2ccncc2)CC1. The summed E-state index contributed by atoms with van der Waals surface area (Å²) in [7, 11) is 0. The van der Waals surface area contributed by atoms with E-state index in [1.165, 1.54) is 5.69 Å². The van der Waals surface area contributed by atoms with Crippen LogP contribution in [-0.2, 0) is 9.59 Å². The predicted octanol–water partition coefficient (Wildman–Crippen LogP) is 0.716. The van der Waals surface area contributed by atoms with Crippen LogP contribution in [0.3, 0.4) is 0 Å². The van der Waals surface area contributed by atoms with E-state index < -0.39 is 11.8 Å². The van der Waals surface area contributed by atoms with Gasteiger partial charge in [0, 0.05) is 44.3 Å². The van der Waals surface area contributed by atoms with Crippen molar-refractivity contribution in [2.24, 2.45) is 5.92 Å². The molecular formula is C16H22N4O2. The molecule has 0 saturated carbocycles. The highest BCUT2D eigenvalue weighted by molar-refractivity contribution is 6.35. The molecular weight excluding hydrogens is 280 g/mol. The standard InChI is InChI=1S/C16H22N4O2/c1-2-7-18-15(21)16(22)19-12-13-5-10-20(11-6-13)14-3-8-17-9-4-14/h2-4,8-9,13H,1,5-7,10-12H2,(H,18,21)(H,19,22). The van der Waals surface area contributed by atoms with Gasteiger partial charge in [-0.2, -0.15) is 0 Å². The fraction of sp³-hybridized carbons (Fsp3) is 0.438. The maximum Gasteiger partial charge on any atom is 0.309 e. The summed E-state index contributed by atoms with van der Waals surface area (Å²) in [6, 6.07) is 4.01. The Morgan fingerprint density at radius 3 is 2.50 bits per heavy atom. The number of anilines is 1. The number of piperidine rings is 1. The van der Waals surface area contributed by atoms with Crippen molar-refractivity contribution in [2.45, 2.75) is 12.8 Å². The lowest BCUT2D eigenvalue weighted by atomic mass is 9.96. The molecule has 1 saturated heterocycles. The second-order valence-corrected chi connectivity index (χ2v) is 5.34. The molecule has 6 heteroatoms. The monoisotopic (exact) mass is 302 g/mol. The molecule has 0 radical (unpaired) electrons. The van der Waals surface area contributed by atoms with E-state index in [9.17, 15) is 9.59 Å². The molecule has 1 aliphatic heterocycles. The van der Waals surface area contributed by atoms with Gasteiger partial charge in [0.15, 0.2) is 0 Å². The molecule has 1 aliphatic rings. The first-order chi connectivity index (χ1) is 10.7. The molecule has 1 fully saturated rings. The molecule has 6 nitrogen and oxygen atoms in total. The number of rotatable bonds is 5. The highest BCUT2D eigenvalue weighted by Gasteiger charge is 2.21. The van der Waals surface area contributed by atoms with E-state index in [4.69, 9.17) is 0 Å². The van der Waals surface area contributed by atoms with Crippen molar-refractivity contribution in [2.75, 3.05) is 31.1 Å². The van der Waals surface area contributed by atoms with E-state index in [1.54, 1.807) is 18.5 Å². The molecule has 0 bridgehead atoms. The summed E-state index contributed by atoms with van der Waals surface area (Å²) in [6.45, 7) is 6.24. The molecule has 0 unspecified atom stereocenters. The number of nitrogens with zero attached hydrogens (tertiary/aromatic N) is 2. The summed E-state index contributed by atoms with van der Waals surface area (Å²) in [5, 5.41) is 5.17. The van der Waals surface area contributed by atoms with Crippen LogP contribution < -0.4 is 15.5 Å². The maximum absolute atomic E-state index is 11.6. The van der Waals surface area contributed by atoms with Gasteiger partial charge in [0.05, 0.1) is 0 Å². The number of carbonyl (C=O) groups is 2. The molecule has 2 amide bonds. The average molecular weight is 302 g/mol. The number of amides is 2. The molecule has 0 aromatic carbocycles. The molecule has 2 rings (SSSR count). The summed E-state index contributed by atoms with van der Waals surface area (Å²) in [4.78, 5) is 29.4. The largest absolute Gasteiger partial charge is 0.371 e. The minimum atomic E-state index is -0.603. The molecule has 1 aromatic heterocycles. The maximum atomic E-state index is 11.6. The zero-order chi connectivity index (χ0) is 15.8. The Balaban J connectivity index is 1.70. The fourth-order valence-electron chi connectivity index (χ4n) is 2.51. The smallest absolute Gasteiger partial charge is 0.309 e. The summed E-state index contributed by atoms with van der Waals surface area (Å²) in [6.07, 6.45) is 7.13. The Morgan fingerprint density at radius 2 is 1.86 bits per heavy atom. The van der Waals surface area contributed by atoms with Crippen molar-refractivity contribution in [1.29, 1.82) is 0 Å². The van der Waals surface area contributed by atoms with Crippen LogP contribution in [0.4, 0.5) is 5.69 Å². The average Bonchev–Trinajstić information content (AvgIpc) is 2.58. The van der Waals surface area contributed by atoms with Gasteiger partial charge in [0.2, 0.25) is 0 Å². The second-order valence-electron chi connectivity index (χ2n) is 5.34. The Kier molecular flexibility index (Phi) is 5.94. The molecule has 0 atom stereocenters. The zero-order valence-electron chi connectivity index (χ0n) is 12.6. The Hall–Kier alpha value is -2.37. The van der Waals surface area contributed by atoms with Crippen molar-refractivity contribution < 1.29 is 9.59 Å². The van der Waals surface area contributed by atoms with Crippen LogP contribution in [0, 0.1) is 5.92 Å². The third kappa shape index (κ3) is 4.58. The van der Waals surface area contributed by atoms with Crippen molar-refractivity contribution >= 4 is 17.5 Å². The Bertz CT molecular complexity index is 510. The molecule has 2 heterocycles. The summed E-state index contributed by atoms with van der Waals surface area (Å²) in [5.74, 6) is -0.762. The van der Waals surface area contributed by atoms with E-state index in [-0.39, 0.29) is 0 Å².